The average Bonchev–Trinajstić information content (AvgIpc) is 2.51. The van der Waals surface area contributed by atoms with E-state index in [0.717, 1.165) is 17.8 Å². The molecule has 0 aliphatic heterocycles. The lowest BCUT2D eigenvalue weighted by atomic mass is 10.3. The molecule has 0 saturated carbocycles. The van der Waals surface area contributed by atoms with Crippen molar-refractivity contribution >= 4 is 11.6 Å². The molecule has 1 rings (SSSR count). The zero-order chi connectivity index (χ0) is 15.8. The van der Waals surface area contributed by atoms with Gasteiger partial charge in [-0.3, -0.25) is 0 Å². The number of hydrogen-bond donors (Lipinski definition) is 2. The van der Waals surface area contributed by atoms with Crippen LogP contribution in [0.5, 0.6) is 0 Å². The maximum absolute atomic E-state index is 5.78. The fourth-order valence-corrected chi connectivity index (χ4v) is 1.22. The Morgan fingerprint density at radius 2 is 1.75 bits per heavy atom. The van der Waals surface area contributed by atoms with Crippen LogP contribution in [-0.4, -0.2) is 5.96 Å². The molecule has 3 nitrogen and oxygen atoms in total. The van der Waals surface area contributed by atoms with Crippen LogP contribution in [0.2, 0.25) is 0 Å². The van der Waals surface area contributed by atoms with Crippen molar-refractivity contribution in [1.29, 1.82) is 0 Å². The monoisotopic (exact) mass is 275 g/mol. The van der Waals surface area contributed by atoms with Crippen LogP contribution >= 0.6 is 0 Å². The zero-order valence-electron chi connectivity index (χ0n) is 13.5. The molecule has 0 saturated heterocycles. The molecular formula is C17H29N3. The van der Waals surface area contributed by atoms with E-state index in [4.69, 9.17) is 5.73 Å². The highest BCUT2D eigenvalue weighted by Gasteiger charge is 1.95. The fraction of sp³-hybridized carbons (Fsp3) is 0.353. The third-order valence-electron chi connectivity index (χ3n) is 1.99. The summed E-state index contributed by atoms with van der Waals surface area (Å²) in [7, 11) is 0. The van der Waals surface area contributed by atoms with Crippen LogP contribution in [0, 0.1) is 0 Å². The molecule has 0 amide bonds. The number of nitrogens with two attached hydrogens (primary N) is 1. The van der Waals surface area contributed by atoms with Crippen molar-refractivity contribution in [1.82, 2.24) is 5.32 Å². The number of para-hydroxylation sites is 1. The summed E-state index contributed by atoms with van der Waals surface area (Å²) in [5, 5.41) is 3.03. The lowest BCUT2D eigenvalue weighted by molar-refractivity contribution is 0.968. The van der Waals surface area contributed by atoms with Gasteiger partial charge in [0.15, 0.2) is 5.96 Å². The Morgan fingerprint density at radius 1 is 1.20 bits per heavy atom. The molecule has 20 heavy (non-hydrogen) atoms. The lowest BCUT2D eigenvalue weighted by Gasteiger charge is -2.07. The molecule has 0 atom stereocenters. The number of benzene rings is 1. The van der Waals surface area contributed by atoms with E-state index in [-0.39, 0.29) is 0 Å². The number of rotatable bonds is 4. The van der Waals surface area contributed by atoms with Gasteiger partial charge in [-0.1, -0.05) is 65.5 Å². The molecular weight excluding hydrogens is 246 g/mol. The molecule has 1 aromatic rings. The van der Waals surface area contributed by atoms with E-state index in [1.165, 1.54) is 0 Å². The molecule has 0 radical (unpaired) electrons. The predicted octanol–water partition coefficient (Wildman–Crippen LogP) is 4.75. The summed E-state index contributed by atoms with van der Waals surface area (Å²) in [5.74, 6) is 0.390. The first-order valence-electron chi connectivity index (χ1n) is 7.24. The SMILES string of the molecule is C=C/C=C(\CC)NC(N)=Nc1ccccc1.CC.CC. The van der Waals surface area contributed by atoms with Crippen LogP contribution in [-0.2, 0) is 0 Å². The molecule has 0 fully saturated rings. The molecule has 3 N–H and O–H groups in total. The summed E-state index contributed by atoms with van der Waals surface area (Å²) >= 11 is 0. The van der Waals surface area contributed by atoms with Crippen molar-refractivity contribution in [3.8, 4) is 0 Å². The molecule has 0 aliphatic rings. The maximum Gasteiger partial charge on any atom is 0.198 e. The third-order valence-corrected chi connectivity index (χ3v) is 1.99. The van der Waals surface area contributed by atoms with Gasteiger partial charge < -0.3 is 11.1 Å². The number of allylic oxidation sites excluding steroid dienone is 3. The highest BCUT2D eigenvalue weighted by molar-refractivity contribution is 5.82. The Labute approximate surface area is 124 Å². The van der Waals surface area contributed by atoms with Crippen LogP contribution in [0.4, 0.5) is 5.69 Å². The molecule has 0 aromatic heterocycles. The van der Waals surface area contributed by atoms with Crippen molar-refractivity contribution < 1.29 is 0 Å². The highest BCUT2D eigenvalue weighted by atomic mass is 15.1. The summed E-state index contributed by atoms with van der Waals surface area (Å²) < 4.78 is 0. The summed E-state index contributed by atoms with van der Waals surface area (Å²) in [4.78, 5) is 4.24. The second-order valence-corrected chi connectivity index (χ2v) is 3.24. The van der Waals surface area contributed by atoms with E-state index in [0.29, 0.717) is 5.96 Å². The van der Waals surface area contributed by atoms with E-state index in [1.54, 1.807) is 6.08 Å². The maximum atomic E-state index is 5.78. The first-order chi connectivity index (χ1) is 9.76. The third kappa shape index (κ3) is 9.95. The zero-order valence-corrected chi connectivity index (χ0v) is 13.5. The van der Waals surface area contributed by atoms with Crippen molar-refractivity contribution in [3.05, 3.63) is 54.8 Å². The minimum Gasteiger partial charge on any atom is -0.369 e. The van der Waals surface area contributed by atoms with Crippen LogP contribution in [0.15, 0.2) is 59.8 Å². The topological polar surface area (TPSA) is 50.4 Å². The van der Waals surface area contributed by atoms with Gasteiger partial charge in [0.25, 0.3) is 0 Å². The van der Waals surface area contributed by atoms with Crippen LogP contribution in [0.1, 0.15) is 41.0 Å². The van der Waals surface area contributed by atoms with Gasteiger partial charge in [0, 0.05) is 5.70 Å². The van der Waals surface area contributed by atoms with Gasteiger partial charge >= 0.3 is 0 Å². The molecule has 1 aromatic carbocycles. The van der Waals surface area contributed by atoms with Gasteiger partial charge in [0.1, 0.15) is 0 Å². The van der Waals surface area contributed by atoms with Crippen molar-refractivity contribution in [3.63, 3.8) is 0 Å². The number of nitrogens with zero attached hydrogens (tertiary/aromatic N) is 1. The van der Waals surface area contributed by atoms with Crippen molar-refractivity contribution in [2.24, 2.45) is 10.7 Å². The van der Waals surface area contributed by atoms with E-state index in [2.05, 4.69) is 16.9 Å². The van der Waals surface area contributed by atoms with E-state index in [1.807, 2.05) is 71.0 Å². The fourth-order valence-electron chi connectivity index (χ4n) is 1.22. The molecule has 0 heterocycles. The normalized spacial score (nSPS) is 10.4. The Morgan fingerprint density at radius 3 is 2.20 bits per heavy atom. The summed E-state index contributed by atoms with van der Waals surface area (Å²) in [6, 6.07) is 9.59. The minimum atomic E-state index is 0.390. The van der Waals surface area contributed by atoms with Crippen LogP contribution in [0.3, 0.4) is 0 Å². The van der Waals surface area contributed by atoms with Gasteiger partial charge in [0.05, 0.1) is 5.69 Å². The van der Waals surface area contributed by atoms with E-state index < -0.39 is 0 Å². The van der Waals surface area contributed by atoms with Gasteiger partial charge in [-0.15, -0.1) is 0 Å². The first-order valence-corrected chi connectivity index (χ1v) is 7.24. The molecule has 112 valence electrons. The summed E-state index contributed by atoms with van der Waals surface area (Å²) in [5.41, 5.74) is 7.60. The highest BCUT2D eigenvalue weighted by Crippen LogP contribution is 2.09. The second-order valence-electron chi connectivity index (χ2n) is 3.24. The van der Waals surface area contributed by atoms with E-state index in [9.17, 15) is 0 Å². The standard InChI is InChI=1S/C13H17N3.2C2H6/c1-3-8-11(4-2)15-13(14)16-12-9-6-5-7-10-12;2*1-2/h3,5-10H,1,4H2,2H3,(H3,14,15,16);2*1-2H3/b11-8+;;. The van der Waals surface area contributed by atoms with Crippen molar-refractivity contribution in [2.75, 3.05) is 0 Å². The molecule has 3 heteroatoms. The number of nitrogens with one attached hydrogen (secondary N) is 1. The number of aliphatic imine (C=N–C) groups is 1. The molecule has 0 bridgehead atoms. The Balaban J connectivity index is 0. The first kappa shape index (κ1) is 20.3. The average molecular weight is 275 g/mol. The van der Waals surface area contributed by atoms with Gasteiger partial charge in [-0.05, 0) is 24.6 Å². The largest absolute Gasteiger partial charge is 0.369 e. The Kier molecular flexibility index (Phi) is 15.2. The van der Waals surface area contributed by atoms with Crippen molar-refractivity contribution in [2.45, 2.75) is 41.0 Å². The summed E-state index contributed by atoms with van der Waals surface area (Å²) in [6.45, 7) is 13.7. The van der Waals surface area contributed by atoms with E-state index >= 15 is 0 Å². The van der Waals surface area contributed by atoms with Gasteiger partial charge in [-0.2, -0.15) is 0 Å². The van der Waals surface area contributed by atoms with Gasteiger partial charge in [0.2, 0.25) is 0 Å². The summed E-state index contributed by atoms with van der Waals surface area (Å²) in [6.07, 6.45) is 4.46. The predicted molar refractivity (Wildman–Crippen MR) is 92.1 cm³/mol. The number of guanidine groups is 1. The Hall–Kier alpha value is -2.03. The quantitative estimate of drug-likeness (QED) is 0.473. The van der Waals surface area contributed by atoms with Crippen LogP contribution < -0.4 is 11.1 Å². The lowest BCUT2D eigenvalue weighted by Crippen LogP contribution is -2.30. The number of hydrogen-bond acceptors (Lipinski definition) is 1. The molecule has 0 spiro atoms. The van der Waals surface area contributed by atoms with Gasteiger partial charge in [-0.25, -0.2) is 4.99 Å². The molecule has 0 unspecified atom stereocenters. The van der Waals surface area contributed by atoms with Crippen LogP contribution in [0.25, 0.3) is 0 Å². The second kappa shape index (κ2) is 15.0. The minimum absolute atomic E-state index is 0.390. The Bertz CT molecular complexity index is 392. The smallest absolute Gasteiger partial charge is 0.198 e. The molecule has 0 aliphatic carbocycles.